The molecule has 1 rings (SSSR count). The number of hydrogen-bond acceptors (Lipinski definition) is 3. The molecule has 0 aliphatic carbocycles. The van der Waals surface area contributed by atoms with E-state index in [0.717, 1.165) is 13.0 Å². The zero-order valence-electron chi connectivity index (χ0n) is 9.42. The molecule has 0 saturated heterocycles. The smallest absolute Gasteiger partial charge is 0.0701 e. The van der Waals surface area contributed by atoms with Crippen molar-refractivity contribution in [2.24, 2.45) is 5.92 Å². The molecule has 0 aliphatic heterocycles. The summed E-state index contributed by atoms with van der Waals surface area (Å²) in [6, 6.07) is 4.71. The van der Waals surface area contributed by atoms with Gasteiger partial charge in [-0.2, -0.15) is 0 Å². The fraction of sp³-hybridized carbons (Fsp3) is 0.636. The van der Waals surface area contributed by atoms with Crippen LogP contribution in [0.5, 0.6) is 0 Å². The molecular weight excluding hydrogens is 274 g/mol. The predicted octanol–water partition coefficient (Wildman–Crippen LogP) is 3.44. The lowest BCUT2D eigenvalue weighted by molar-refractivity contribution is 0.171. The minimum absolute atomic E-state index is 0.427. The molecule has 0 bridgehead atoms. The average Bonchev–Trinajstić information content (AvgIpc) is 2.63. The Hall–Kier alpha value is 0.1000. The molecule has 1 aromatic rings. The van der Waals surface area contributed by atoms with E-state index in [1.54, 1.807) is 18.4 Å². The van der Waals surface area contributed by atoms with Crippen molar-refractivity contribution in [1.82, 2.24) is 5.32 Å². The van der Waals surface area contributed by atoms with Gasteiger partial charge in [-0.1, -0.05) is 6.92 Å². The molecule has 0 aromatic carbocycles. The summed E-state index contributed by atoms with van der Waals surface area (Å²) >= 11 is 5.29. The second kappa shape index (κ2) is 6.63. The SMILES string of the molecule is CNC(c1ccc(Br)s1)C(C)CCOC. The fourth-order valence-electron chi connectivity index (χ4n) is 1.67. The normalized spacial score (nSPS) is 15.2. The van der Waals surface area contributed by atoms with Crippen molar-refractivity contribution < 1.29 is 4.74 Å². The molecule has 2 nitrogen and oxygen atoms in total. The third-order valence-electron chi connectivity index (χ3n) is 2.56. The Balaban J connectivity index is 2.62. The molecule has 0 aliphatic rings. The Morgan fingerprint density at radius 3 is 2.73 bits per heavy atom. The molecule has 1 aromatic heterocycles. The Morgan fingerprint density at radius 1 is 1.53 bits per heavy atom. The first-order valence-electron chi connectivity index (χ1n) is 5.10. The van der Waals surface area contributed by atoms with Gasteiger partial charge in [0.15, 0.2) is 0 Å². The zero-order chi connectivity index (χ0) is 11.3. The molecule has 0 amide bonds. The summed E-state index contributed by atoms with van der Waals surface area (Å²) < 4.78 is 6.31. The predicted molar refractivity (Wildman–Crippen MR) is 69.5 cm³/mol. The van der Waals surface area contributed by atoms with Crippen LogP contribution in [0.1, 0.15) is 24.3 Å². The molecule has 86 valence electrons. The average molecular weight is 292 g/mol. The lowest BCUT2D eigenvalue weighted by Crippen LogP contribution is -2.23. The minimum atomic E-state index is 0.427. The van der Waals surface area contributed by atoms with Gasteiger partial charge in [-0.15, -0.1) is 11.3 Å². The third-order valence-corrected chi connectivity index (χ3v) is 4.26. The second-order valence-corrected chi connectivity index (χ2v) is 6.16. The Morgan fingerprint density at radius 2 is 2.27 bits per heavy atom. The summed E-state index contributed by atoms with van der Waals surface area (Å²) in [7, 11) is 3.77. The van der Waals surface area contributed by atoms with Crippen molar-refractivity contribution >= 4 is 27.3 Å². The molecule has 2 atom stereocenters. The molecular formula is C11H18BrNOS. The Bertz CT molecular complexity index is 290. The second-order valence-electron chi connectivity index (χ2n) is 3.67. The first-order chi connectivity index (χ1) is 7.19. The van der Waals surface area contributed by atoms with Gasteiger partial charge in [-0.05, 0) is 47.4 Å². The van der Waals surface area contributed by atoms with E-state index in [1.807, 2.05) is 7.05 Å². The van der Waals surface area contributed by atoms with Gasteiger partial charge in [0.2, 0.25) is 0 Å². The monoisotopic (exact) mass is 291 g/mol. The van der Waals surface area contributed by atoms with Gasteiger partial charge in [-0.3, -0.25) is 0 Å². The van der Waals surface area contributed by atoms with Crippen LogP contribution in [0.2, 0.25) is 0 Å². The van der Waals surface area contributed by atoms with Gasteiger partial charge in [0, 0.05) is 24.6 Å². The first-order valence-corrected chi connectivity index (χ1v) is 6.71. The summed E-state index contributed by atoms with van der Waals surface area (Å²) in [6.45, 7) is 3.08. The van der Waals surface area contributed by atoms with E-state index >= 15 is 0 Å². The highest BCUT2D eigenvalue weighted by Gasteiger charge is 2.18. The Kier molecular flexibility index (Phi) is 5.82. The van der Waals surface area contributed by atoms with E-state index in [9.17, 15) is 0 Å². The van der Waals surface area contributed by atoms with Crippen molar-refractivity contribution in [1.29, 1.82) is 0 Å². The highest BCUT2D eigenvalue weighted by atomic mass is 79.9. The maximum Gasteiger partial charge on any atom is 0.0701 e. The topological polar surface area (TPSA) is 21.3 Å². The number of ether oxygens (including phenoxy) is 1. The molecule has 0 radical (unpaired) electrons. The van der Waals surface area contributed by atoms with Gasteiger partial charge < -0.3 is 10.1 Å². The zero-order valence-corrected chi connectivity index (χ0v) is 11.8. The van der Waals surface area contributed by atoms with Gasteiger partial charge in [0.05, 0.1) is 3.79 Å². The molecule has 2 unspecified atom stereocenters. The van der Waals surface area contributed by atoms with Crippen LogP contribution in [0.3, 0.4) is 0 Å². The number of halogens is 1. The van der Waals surface area contributed by atoms with Gasteiger partial charge >= 0.3 is 0 Å². The van der Waals surface area contributed by atoms with E-state index < -0.39 is 0 Å². The molecule has 0 spiro atoms. The molecule has 15 heavy (non-hydrogen) atoms. The largest absolute Gasteiger partial charge is 0.385 e. The van der Waals surface area contributed by atoms with Crippen molar-refractivity contribution in [2.45, 2.75) is 19.4 Å². The summed E-state index contributed by atoms with van der Waals surface area (Å²) in [5, 5.41) is 3.37. The van der Waals surface area contributed by atoms with Gasteiger partial charge in [-0.25, -0.2) is 0 Å². The van der Waals surface area contributed by atoms with Crippen LogP contribution in [-0.4, -0.2) is 20.8 Å². The van der Waals surface area contributed by atoms with Crippen molar-refractivity contribution in [3.63, 3.8) is 0 Å². The summed E-state index contributed by atoms with van der Waals surface area (Å²) in [6.07, 6.45) is 1.08. The summed E-state index contributed by atoms with van der Waals surface area (Å²) in [5.41, 5.74) is 0. The Labute approximate surface area is 104 Å². The third kappa shape index (κ3) is 3.87. The van der Waals surface area contributed by atoms with Crippen LogP contribution in [0, 0.1) is 5.92 Å². The van der Waals surface area contributed by atoms with E-state index in [2.05, 4.69) is 40.3 Å². The lowest BCUT2D eigenvalue weighted by atomic mass is 9.97. The fourth-order valence-corrected chi connectivity index (χ4v) is 3.34. The van der Waals surface area contributed by atoms with Gasteiger partial charge in [0.1, 0.15) is 0 Å². The lowest BCUT2D eigenvalue weighted by Gasteiger charge is -2.22. The van der Waals surface area contributed by atoms with Gasteiger partial charge in [0.25, 0.3) is 0 Å². The highest BCUT2D eigenvalue weighted by molar-refractivity contribution is 9.11. The number of nitrogens with one attached hydrogen (secondary N) is 1. The van der Waals surface area contributed by atoms with Crippen LogP contribution in [-0.2, 0) is 4.74 Å². The van der Waals surface area contributed by atoms with Crippen molar-refractivity contribution in [3.05, 3.63) is 20.8 Å². The summed E-state index contributed by atoms with van der Waals surface area (Å²) in [4.78, 5) is 1.38. The minimum Gasteiger partial charge on any atom is -0.385 e. The number of rotatable bonds is 6. The highest BCUT2D eigenvalue weighted by Crippen LogP contribution is 2.32. The van der Waals surface area contributed by atoms with Crippen LogP contribution in [0.15, 0.2) is 15.9 Å². The molecule has 4 heteroatoms. The van der Waals surface area contributed by atoms with Crippen LogP contribution in [0.25, 0.3) is 0 Å². The van der Waals surface area contributed by atoms with Crippen LogP contribution >= 0.6 is 27.3 Å². The molecule has 1 N–H and O–H groups in total. The maximum absolute atomic E-state index is 5.11. The van der Waals surface area contributed by atoms with Crippen LogP contribution in [0.4, 0.5) is 0 Å². The van der Waals surface area contributed by atoms with E-state index in [0.29, 0.717) is 12.0 Å². The molecule has 0 fully saturated rings. The molecule has 1 heterocycles. The van der Waals surface area contributed by atoms with Crippen LogP contribution < -0.4 is 5.32 Å². The maximum atomic E-state index is 5.11. The van der Waals surface area contributed by atoms with E-state index in [-0.39, 0.29) is 0 Å². The number of hydrogen-bond donors (Lipinski definition) is 1. The standard InChI is InChI=1S/C11H18BrNOS/c1-8(6-7-14-3)11(13-2)9-4-5-10(12)15-9/h4-5,8,11,13H,6-7H2,1-3H3. The molecule has 0 saturated carbocycles. The van der Waals surface area contributed by atoms with Crippen molar-refractivity contribution in [3.8, 4) is 0 Å². The number of methoxy groups -OCH3 is 1. The van der Waals surface area contributed by atoms with Crippen molar-refractivity contribution in [2.75, 3.05) is 20.8 Å². The quantitative estimate of drug-likeness (QED) is 0.867. The number of thiophene rings is 1. The van der Waals surface area contributed by atoms with E-state index in [4.69, 9.17) is 4.74 Å². The summed E-state index contributed by atoms with van der Waals surface area (Å²) in [5.74, 6) is 0.584. The van der Waals surface area contributed by atoms with E-state index in [1.165, 1.54) is 8.66 Å². The first kappa shape index (κ1) is 13.2.